The first-order valence-corrected chi connectivity index (χ1v) is 16.4. The fourth-order valence-corrected chi connectivity index (χ4v) is 11.0. The van der Waals surface area contributed by atoms with E-state index in [0.717, 1.165) is 16.7 Å². The van der Waals surface area contributed by atoms with Gasteiger partial charge in [-0.1, -0.05) is 95.3 Å². The first-order chi connectivity index (χ1) is 19.8. The van der Waals surface area contributed by atoms with Crippen molar-refractivity contribution in [3.63, 3.8) is 0 Å². The van der Waals surface area contributed by atoms with Crippen LogP contribution < -0.4 is 10.4 Å². The maximum atomic E-state index is 12.8. The van der Waals surface area contributed by atoms with E-state index in [1.165, 1.54) is 21.1 Å². The summed E-state index contributed by atoms with van der Waals surface area (Å²) in [6.45, 7) is 11.6. The van der Waals surface area contributed by atoms with Crippen LogP contribution in [0.3, 0.4) is 0 Å². The van der Waals surface area contributed by atoms with E-state index in [1.54, 1.807) is 0 Å². The maximum absolute atomic E-state index is 12.8. The van der Waals surface area contributed by atoms with Gasteiger partial charge in [-0.3, -0.25) is 9.59 Å². The minimum absolute atomic E-state index is 0.00382. The van der Waals surface area contributed by atoms with Crippen LogP contribution in [0.4, 0.5) is 0 Å². The molecule has 0 saturated carbocycles. The minimum atomic E-state index is -3.04. The molecule has 0 radical (unpaired) electrons. The maximum Gasteiger partial charge on any atom is 0.308 e. The molecule has 0 amide bonds. The SMILES string of the molecule is COC(=O)C[C@@H](C[C@@H]1C[C@H](OC(C)=O)C(C)(C)[C@@](CC=O)(OC)O1)O[Si](c1ccccc1)(c1ccccc1)C(C)(C)C. The number of ether oxygens (including phenoxy) is 4. The Bertz CT molecular complexity index is 1150. The van der Waals surface area contributed by atoms with Gasteiger partial charge in [-0.25, -0.2) is 0 Å². The number of benzene rings is 2. The van der Waals surface area contributed by atoms with Crippen LogP contribution in [0.15, 0.2) is 60.7 Å². The standard InChI is InChI=1S/C33H46O8Si/c1-24(35)39-29-22-25(40-33(38-8,19-20-34)32(29,5)6)21-26(23-30(36)37-7)41-42(31(2,3)4,27-15-11-9-12-16-27)28-17-13-10-14-18-28/h9-18,20,25-26,29H,19,21-23H2,1-8H3/t25-,26-,29+,33+/m1/s1. The highest BCUT2D eigenvalue weighted by molar-refractivity contribution is 6.99. The third kappa shape index (κ3) is 6.85. The van der Waals surface area contributed by atoms with Crippen LogP contribution in [0, 0.1) is 5.41 Å². The molecule has 230 valence electrons. The predicted molar refractivity (Wildman–Crippen MR) is 163 cm³/mol. The van der Waals surface area contributed by atoms with Gasteiger partial charge in [0, 0.05) is 20.5 Å². The molecule has 0 aliphatic carbocycles. The molecular formula is C33H46O8Si. The summed E-state index contributed by atoms with van der Waals surface area (Å²) in [5, 5.41) is 1.83. The molecule has 1 saturated heterocycles. The lowest BCUT2D eigenvalue weighted by atomic mass is 9.71. The van der Waals surface area contributed by atoms with Gasteiger partial charge < -0.3 is 28.2 Å². The number of esters is 2. The van der Waals surface area contributed by atoms with Gasteiger partial charge in [0.1, 0.15) is 12.4 Å². The van der Waals surface area contributed by atoms with E-state index in [4.69, 9.17) is 23.4 Å². The summed E-state index contributed by atoms with van der Waals surface area (Å²) in [4.78, 5) is 36.8. The number of carbonyl (C=O) groups is 3. The van der Waals surface area contributed by atoms with Gasteiger partial charge in [-0.05, 0) is 21.8 Å². The van der Waals surface area contributed by atoms with Gasteiger partial charge in [-0.15, -0.1) is 0 Å². The molecule has 0 aromatic heterocycles. The zero-order valence-electron chi connectivity index (χ0n) is 26.2. The Labute approximate surface area is 251 Å². The topological polar surface area (TPSA) is 97.4 Å². The van der Waals surface area contributed by atoms with Crippen molar-refractivity contribution < 1.29 is 37.8 Å². The molecule has 1 heterocycles. The van der Waals surface area contributed by atoms with E-state index in [-0.39, 0.29) is 24.3 Å². The van der Waals surface area contributed by atoms with E-state index in [1.807, 2.05) is 50.2 Å². The van der Waals surface area contributed by atoms with Crippen LogP contribution in [0.5, 0.6) is 0 Å². The lowest BCUT2D eigenvalue weighted by Gasteiger charge is -2.54. The molecule has 42 heavy (non-hydrogen) atoms. The van der Waals surface area contributed by atoms with E-state index in [0.29, 0.717) is 6.42 Å². The average molecular weight is 599 g/mol. The van der Waals surface area contributed by atoms with Gasteiger partial charge >= 0.3 is 11.9 Å². The summed E-state index contributed by atoms with van der Waals surface area (Å²) in [6.07, 6.45) is -0.425. The highest BCUT2D eigenvalue weighted by Crippen LogP contribution is 2.49. The highest BCUT2D eigenvalue weighted by atomic mass is 28.4. The van der Waals surface area contributed by atoms with Gasteiger partial charge in [0.15, 0.2) is 5.79 Å². The van der Waals surface area contributed by atoms with Crippen molar-refractivity contribution in [1.29, 1.82) is 0 Å². The Hall–Kier alpha value is -2.85. The number of hydrogen-bond donors (Lipinski definition) is 0. The largest absolute Gasteiger partial charge is 0.469 e. The van der Waals surface area contributed by atoms with Gasteiger partial charge in [0.25, 0.3) is 8.32 Å². The van der Waals surface area contributed by atoms with Crippen molar-refractivity contribution in [2.24, 2.45) is 5.41 Å². The van der Waals surface area contributed by atoms with Crippen LogP contribution in [0.25, 0.3) is 0 Å². The van der Waals surface area contributed by atoms with Gasteiger partial charge in [-0.2, -0.15) is 0 Å². The molecular weight excluding hydrogens is 552 g/mol. The Morgan fingerprint density at radius 3 is 2.00 bits per heavy atom. The molecule has 0 unspecified atom stereocenters. The Morgan fingerprint density at radius 2 is 1.57 bits per heavy atom. The first kappa shape index (κ1) is 33.6. The molecule has 1 aliphatic heterocycles. The molecule has 9 heteroatoms. The molecule has 3 rings (SSSR count). The Morgan fingerprint density at radius 1 is 1.02 bits per heavy atom. The van der Waals surface area contributed by atoms with Crippen LogP contribution in [-0.2, 0) is 37.8 Å². The number of rotatable bonds is 12. The third-order valence-corrected chi connectivity index (χ3v) is 13.6. The lowest BCUT2D eigenvalue weighted by molar-refractivity contribution is -0.346. The third-order valence-electron chi connectivity index (χ3n) is 8.52. The van der Waals surface area contributed by atoms with Crippen molar-refractivity contribution in [2.45, 2.75) is 96.4 Å². The van der Waals surface area contributed by atoms with Crippen LogP contribution >= 0.6 is 0 Å². The van der Waals surface area contributed by atoms with Crippen molar-refractivity contribution >= 4 is 36.9 Å². The zero-order chi connectivity index (χ0) is 31.2. The second kappa shape index (κ2) is 13.6. The highest BCUT2D eigenvalue weighted by Gasteiger charge is 2.58. The number of carbonyl (C=O) groups excluding carboxylic acids is 3. The van der Waals surface area contributed by atoms with Crippen LogP contribution in [0.2, 0.25) is 5.04 Å². The van der Waals surface area contributed by atoms with Crippen molar-refractivity contribution in [3.05, 3.63) is 60.7 Å². The predicted octanol–water partition coefficient (Wildman–Crippen LogP) is 4.56. The summed E-state index contributed by atoms with van der Waals surface area (Å²) in [5.41, 5.74) is -0.832. The van der Waals surface area contributed by atoms with Crippen molar-refractivity contribution in [3.8, 4) is 0 Å². The molecule has 2 aromatic rings. The van der Waals surface area contributed by atoms with E-state index in [9.17, 15) is 14.4 Å². The number of aldehydes is 1. The average Bonchev–Trinajstić information content (AvgIpc) is 2.94. The first-order valence-electron chi connectivity index (χ1n) is 14.5. The fourth-order valence-electron chi connectivity index (χ4n) is 6.28. The summed E-state index contributed by atoms with van der Waals surface area (Å²) in [7, 11) is -0.194. The second-order valence-corrected chi connectivity index (χ2v) is 16.8. The monoisotopic (exact) mass is 598 g/mol. The molecule has 0 spiro atoms. The molecule has 4 atom stereocenters. The number of methoxy groups -OCH3 is 2. The normalized spacial score (nSPS) is 23.0. The molecule has 0 bridgehead atoms. The summed E-state index contributed by atoms with van der Waals surface area (Å²) < 4.78 is 30.7. The zero-order valence-corrected chi connectivity index (χ0v) is 27.2. The Balaban J connectivity index is 2.12. The van der Waals surface area contributed by atoms with E-state index < -0.39 is 49.8 Å². The minimum Gasteiger partial charge on any atom is -0.469 e. The Kier molecular flexibility index (Phi) is 10.9. The molecule has 1 fully saturated rings. The summed E-state index contributed by atoms with van der Waals surface area (Å²) in [5.74, 6) is -2.18. The molecule has 1 aliphatic rings. The summed E-state index contributed by atoms with van der Waals surface area (Å²) >= 11 is 0. The van der Waals surface area contributed by atoms with Crippen molar-refractivity contribution in [2.75, 3.05) is 14.2 Å². The van der Waals surface area contributed by atoms with Crippen molar-refractivity contribution in [1.82, 2.24) is 0 Å². The molecule has 8 nitrogen and oxygen atoms in total. The fraction of sp³-hybridized carbons (Fsp3) is 0.545. The van der Waals surface area contributed by atoms with Crippen LogP contribution in [-0.4, -0.2) is 64.9 Å². The quantitative estimate of drug-likeness (QED) is 0.199. The molecule has 2 aromatic carbocycles. The van der Waals surface area contributed by atoms with Crippen LogP contribution in [0.1, 0.15) is 67.2 Å². The van der Waals surface area contributed by atoms with E-state index >= 15 is 0 Å². The molecule has 0 N–H and O–H groups in total. The summed E-state index contributed by atoms with van der Waals surface area (Å²) in [6, 6.07) is 20.4. The van der Waals surface area contributed by atoms with E-state index in [2.05, 4.69) is 45.0 Å². The van der Waals surface area contributed by atoms with Gasteiger partial charge in [0.05, 0.1) is 37.6 Å². The smallest absolute Gasteiger partial charge is 0.308 e. The lowest BCUT2D eigenvalue weighted by Crippen LogP contribution is -2.68. The second-order valence-electron chi connectivity index (χ2n) is 12.5. The van der Waals surface area contributed by atoms with Gasteiger partial charge in [0.2, 0.25) is 0 Å². The number of hydrogen-bond acceptors (Lipinski definition) is 8.